The number of aromatic amines is 1. The molecule has 0 unspecified atom stereocenters. The number of benzene rings is 1. The van der Waals surface area contributed by atoms with E-state index in [0.717, 1.165) is 5.56 Å². The van der Waals surface area contributed by atoms with Crippen molar-refractivity contribution in [1.82, 2.24) is 15.3 Å². The lowest BCUT2D eigenvalue weighted by molar-refractivity contribution is -0.115. The Kier molecular flexibility index (Phi) is 6.87. The number of carbonyl (C=O) groups excluding carboxylic acids is 2. The molecular formula is C21H24N4O5. The number of rotatable bonds is 9. The van der Waals surface area contributed by atoms with Crippen LogP contribution in [0.1, 0.15) is 15.9 Å². The predicted octanol–water partition coefficient (Wildman–Crippen LogP) is 2.14. The molecule has 0 saturated heterocycles. The third-order valence-corrected chi connectivity index (χ3v) is 4.46. The van der Waals surface area contributed by atoms with Crippen LogP contribution in [0.2, 0.25) is 0 Å². The highest BCUT2D eigenvalue weighted by Crippen LogP contribution is 2.28. The number of amides is 2. The van der Waals surface area contributed by atoms with Crippen molar-refractivity contribution >= 4 is 28.5 Å². The second-order valence-electron chi connectivity index (χ2n) is 6.49. The highest BCUT2D eigenvalue weighted by atomic mass is 16.5. The van der Waals surface area contributed by atoms with E-state index in [-0.39, 0.29) is 18.2 Å². The Morgan fingerprint density at radius 3 is 2.63 bits per heavy atom. The number of pyridine rings is 1. The lowest BCUT2D eigenvalue weighted by Crippen LogP contribution is -2.26. The van der Waals surface area contributed by atoms with Gasteiger partial charge >= 0.3 is 0 Å². The zero-order chi connectivity index (χ0) is 21.5. The van der Waals surface area contributed by atoms with Gasteiger partial charge in [0, 0.05) is 25.2 Å². The standard InChI is InChI=1S/C21H24N4O5/c1-28-7-6-22-21(27)16-12-24-20-15(16)10-14(11-23-20)25-19(26)9-13-4-5-17(29-2)18(8-13)30-3/h4-5,8,10-12H,6-7,9H2,1-3H3,(H,22,27)(H,23,24)(H,25,26). The first-order valence-electron chi connectivity index (χ1n) is 9.30. The normalized spacial score (nSPS) is 10.6. The van der Waals surface area contributed by atoms with Gasteiger partial charge in [0.2, 0.25) is 5.91 Å². The van der Waals surface area contributed by atoms with E-state index in [1.54, 1.807) is 51.8 Å². The predicted molar refractivity (Wildman–Crippen MR) is 112 cm³/mol. The van der Waals surface area contributed by atoms with E-state index < -0.39 is 0 Å². The maximum Gasteiger partial charge on any atom is 0.253 e. The van der Waals surface area contributed by atoms with Crippen molar-refractivity contribution < 1.29 is 23.8 Å². The quantitative estimate of drug-likeness (QED) is 0.464. The summed E-state index contributed by atoms with van der Waals surface area (Å²) in [4.78, 5) is 32.1. The number of H-pyrrole nitrogens is 1. The molecule has 158 valence electrons. The molecule has 1 aromatic carbocycles. The number of hydrogen-bond donors (Lipinski definition) is 3. The maximum atomic E-state index is 12.5. The first-order valence-corrected chi connectivity index (χ1v) is 9.30. The van der Waals surface area contributed by atoms with Crippen molar-refractivity contribution in [2.45, 2.75) is 6.42 Å². The third kappa shape index (κ3) is 4.87. The molecule has 0 atom stereocenters. The molecule has 9 nitrogen and oxygen atoms in total. The van der Waals surface area contributed by atoms with Gasteiger partial charge in [-0.15, -0.1) is 0 Å². The summed E-state index contributed by atoms with van der Waals surface area (Å²) >= 11 is 0. The number of aromatic nitrogens is 2. The number of fused-ring (bicyclic) bond motifs is 1. The minimum atomic E-state index is -0.242. The molecule has 9 heteroatoms. The van der Waals surface area contributed by atoms with Crippen LogP contribution in [0.3, 0.4) is 0 Å². The van der Waals surface area contributed by atoms with Gasteiger partial charge in [-0.25, -0.2) is 4.98 Å². The van der Waals surface area contributed by atoms with Crippen molar-refractivity contribution in [2.24, 2.45) is 0 Å². The van der Waals surface area contributed by atoms with E-state index in [1.165, 1.54) is 6.20 Å². The number of nitrogens with one attached hydrogen (secondary N) is 3. The second-order valence-corrected chi connectivity index (χ2v) is 6.49. The van der Waals surface area contributed by atoms with E-state index in [4.69, 9.17) is 14.2 Å². The fourth-order valence-electron chi connectivity index (χ4n) is 3.00. The molecule has 3 N–H and O–H groups in total. The molecule has 0 aliphatic rings. The Hall–Kier alpha value is -3.59. The highest BCUT2D eigenvalue weighted by molar-refractivity contribution is 6.07. The van der Waals surface area contributed by atoms with Crippen LogP contribution in [0.5, 0.6) is 11.5 Å². The minimum absolute atomic E-state index is 0.149. The average molecular weight is 412 g/mol. The van der Waals surface area contributed by atoms with Crippen LogP contribution in [0.4, 0.5) is 5.69 Å². The molecular weight excluding hydrogens is 388 g/mol. The van der Waals surface area contributed by atoms with Crippen LogP contribution in [-0.4, -0.2) is 56.3 Å². The third-order valence-electron chi connectivity index (χ3n) is 4.46. The molecule has 0 aliphatic heterocycles. The number of methoxy groups -OCH3 is 3. The first-order chi connectivity index (χ1) is 14.5. The fraction of sp³-hybridized carbons (Fsp3) is 0.286. The zero-order valence-electron chi connectivity index (χ0n) is 17.1. The SMILES string of the molecule is COCCNC(=O)c1c[nH]c2ncc(NC(=O)Cc3ccc(OC)c(OC)c3)cc12. The van der Waals surface area contributed by atoms with Crippen molar-refractivity contribution in [3.05, 3.63) is 47.8 Å². The Morgan fingerprint density at radius 1 is 1.10 bits per heavy atom. The monoisotopic (exact) mass is 412 g/mol. The zero-order valence-corrected chi connectivity index (χ0v) is 17.1. The summed E-state index contributed by atoms with van der Waals surface area (Å²) in [5.41, 5.74) is 2.28. The van der Waals surface area contributed by atoms with Crippen molar-refractivity contribution in [3.63, 3.8) is 0 Å². The van der Waals surface area contributed by atoms with E-state index in [1.807, 2.05) is 0 Å². The van der Waals surface area contributed by atoms with Crippen LogP contribution < -0.4 is 20.1 Å². The van der Waals surface area contributed by atoms with Gasteiger partial charge in [-0.2, -0.15) is 0 Å². The number of carbonyl (C=O) groups is 2. The summed E-state index contributed by atoms with van der Waals surface area (Å²) in [6, 6.07) is 7.03. The molecule has 2 amide bonds. The maximum absolute atomic E-state index is 12.5. The summed E-state index contributed by atoms with van der Waals surface area (Å²) in [5, 5.41) is 6.21. The molecule has 0 radical (unpaired) electrons. The molecule has 2 heterocycles. The second kappa shape index (κ2) is 9.75. The first kappa shape index (κ1) is 21.1. The van der Waals surface area contributed by atoms with Gasteiger partial charge in [-0.3, -0.25) is 9.59 Å². The van der Waals surface area contributed by atoms with Gasteiger partial charge in [-0.1, -0.05) is 6.07 Å². The largest absolute Gasteiger partial charge is 0.493 e. The van der Waals surface area contributed by atoms with Gasteiger partial charge in [0.1, 0.15) is 5.65 Å². The van der Waals surface area contributed by atoms with Crippen molar-refractivity contribution in [3.8, 4) is 11.5 Å². The fourth-order valence-corrected chi connectivity index (χ4v) is 3.00. The summed E-state index contributed by atoms with van der Waals surface area (Å²) < 4.78 is 15.4. The van der Waals surface area contributed by atoms with Crippen LogP contribution in [0.25, 0.3) is 11.0 Å². The molecule has 0 aliphatic carbocycles. The molecule has 0 bridgehead atoms. The Labute approximate surface area is 173 Å². The van der Waals surface area contributed by atoms with Gasteiger partial charge in [0.05, 0.1) is 44.7 Å². The van der Waals surface area contributed by atoms with Gasteiger partial charge < -0.3 is 29.8 Å². The number of hydrogen-bond acceptors (Lipinski definition) is 6. The molecule has 0 fully saturated rings. The van der Waals surface area contributed by atoms with Gasteiger partial charge in [0.15, 0.2) is 11.5 Å². The van der Waals surface area contributed by atoms with Crippen LogP contribution in [-0.2, 0) is 16.0 Å². The number of nitrogens with zero attached hydrogens (tertiary/aromatic N) is 1. The van der Waals surface area contributed by atoms with Crippen LogP contribution in [0.15, 0.2) is 36.7 Å². The molecule has 0 spiro atoms. The minimum Gasteiger partial charge on any atom is -0.493 e. The lowest BCUT2D eigenvalue weighted by atomic mass is 10.1. The van der Waals surface area contributed by atoms with Crippen molar-refractivity contribution in [2.75, 3.05) is 39.8 Å². The van der Waals surface area contributed by atoms with E-state index in [9.17, 15) is 9.59 Å². The van der Waals surface area contributed by atoms with Crippen LogP contribution in [0, 0.1) is 0 Å². The summed E-state index contributed by atoms with van der Waals surface area (Å²) in [6.45, 7) is 0.820. The number of anilines is 1. The summed E-state index contributed by atoms with van der Waals surface area (Å²) in [5.74, 6) is 0.696. The van der Waals surface area contributed by atoms with E-state index >= 15 is 0 Å². The van der Waals surface area contributed by atoms with Gasteiger partial charge in [-0.05, 0) is 23.8 Å². The van der Waals surface area contributed by atoms with Crippen LogP contribution >= 0.6 is 0 Å². The average Bonchev–Trinajstić information content (AvgIpc) is 3.17. The molecule has 0 saturated carbocycles. The van der Waals surface area contributed by atoms with Gasteiger partial charge in [0.25, 0.3) is 5.91 Å². The Balaban J connectivity index is 1.71. The Morgan fingerprint density at radius 2 is 1.90 bits per heavy atom. The summed E-state index contributed by atoms with van der Waals surface area (Å²) in [7, 11) is 4.67. The van der Waals surface area contributed by atoms with E-state index in [0.29, 0.717) is 46.9 Å². The molecule has 3 aromatic rings. The van der Waals surface area contributed by atoms with Crippen molar-refractivity contribution in [1.29, 1.82) is 0 Å². The molecule has 30 heavy (non-hydrogen) atoms. The lowest BCUT2D eigenvalue weighted by Gasteiger charge is -2.10. The molecule has 3 rings (SSSR count). The smallest absolute Gasteiger partial charge is 0.253 e. The highest BCUT2D eigenvalue weighted by Gasteiger charge is 2.14. The Bertz CT molecular complexity index is 1050. The topological polar surface area (TPSA) is 115 Å². The van der Waals surface area contributed by atoms with E-state index in [2.05, 4.69) is 20.6 Å². The number of ether oxygens (including phenoxy) is 3. The summed E-state index contributed by atoms with van der Waals surface area (Å²) in [6.07, 6.45) is 3.28. The molecule has 2 aromatic heterocycles.